The van der Waals surface area contributed by atoms with Gasteiger partial charge in [-0.2, -0.15) is 0 Å². The smallest absolute Gasteiger partial charge is 0.264 e. The van der Waals surface area contributed by atoms with Crippen molar-refractivity contribution >= 4 is 23.2 Å². The fraction of sp³-hybridized carbons (Fsp3) is 0.517. The highest BCUT2D eigenvalue weighted by molar-refractivity contribution is 7.80. The largest absolute Gasteiger partial charge is 0.327 e. The van der Waals surface area contributed by atoms with Crippen LogP contribution in [0, 0.1) is 0 Å². The Morgan fingerprint density at radius 3 is 1.61 bits per heavy atom. The van der Waals surface area contributed by atoms with Crippen molar-refractivity contribution in [2.45, 2.75) is 83.6 Å². The van der Waals surface area contributed by atoms with E-state index in [1.54, 1.807) is 0 Å². The molecule has 0 aliphatic carbocycles. The fourth-order valence-electron chi connectivity index (χ4n) is 4.98. The van der Waals surface area contributed by atoms with Gasteiger partial charge < -0.3 is 4.90 Å². The molecule has 0 bridgehead atoms. The van der Waals surface area contributed by atoms with Gasteiger partial charge in [-0.25, -0.2) is 0 Å². The van der Waals surface area contributed by atoms with Crippen molar-refractivity contribution in [3.05, 3.63) is 71.8 Å². The number of unbranched alkanes of at least 4 members (excludes halogenated alkanes) is 8. The molecular weight excluding hydrogens is 424 g/mol. The van der Waals surface area contributed by atoms with E-state index in [1.807, 2.05) is 41.3 Å². The summed E-state index contributed by atoms with van der Waals surface area (Å²) in [6.07, 6.45) is 11.7. The van der Waals surface area contributed by atoms with Crippen LogP contribution in [0.3, 0.4) is 0 Å². The molecule has 0 spiro atoms. The van der Waals surface area contributed by atoms with E-state index in [1.165, 1.54) is 38.5 Å². The third-order valence-corrected chi connectivity index (χ3v) is 7.22. The van der Waals surface area contributed by atoms with Gasteiger partial charge in [0.1, 0.15) is 0 Å². The quantitative estimate of drug-likeness (QED) is 0.216. The van der Waals surface area contributed by atoms with Gasteiger partial charge in [-0.15, -0.1) is 0 Å². The van der Waals surface area contributed by atoms with Crippen LogP contribution in [0.4, 0.5) is 0 Å². The zero-order valence-electron chi connectivity index (χ0n) is 20.5. The van der Waals surface area contributed by atoms with E-state index in [0.717, 1.165) is 43.4 Å². The zero-order valence-corrected chi connectivity index (χ0v) is 21.3. The van der Waals surface area contributed by atoms with Crippen molar-refractivity contribution in [2.24, 2.45) is 0 Å². The summed E-state index contributed by atoms with van der Waals surface area (Å²) in [5, 5.41) is 0.693. The molecule has 1 aliphatic rings. The van der Waals surface area contributed by atoms with Gasteiger partial charge in [0.15, 0.2) is 10.7 Å². The van der Waals surface area contributed by atoms with Crippen LogP contribution in [0.25, 0.3) is 0 Å². The molecule has 0 N–H and O–H groups in total. The highest BCUT2D eigenvalue weighted by Crippen LogP contribution is 2.43. The molecule has 3 rings (SSSR count). The molecule has 178 valence electrons. The van der Waals surface area contributed by atoms with Crippen molar-refractivity contribution in [2.75, 3.05) is 13.1 Å². The summed E-state index contributed by atoms with van der Waals surface area (Å²) < 4.78 is 0. The Balaban J connectivity index is 1.96. The SMILES string of the molecule is CCCCCCCN1C(=O)C(c2ccccc2)(c2ccccc2)N(CCCCCCC)C1=S. The molecule has 3 nitrogen and oxygen atoms in total. The summed E-state index contributed by atoms with van der Waals surface area (Å²) >= 11 is 6.02. The number of carbonyl (C=O) groups excluding carboxylic acids is 1. The first-order valence-electron chi connectivity index (χ1n) is 12.9. The average Bonchev–Trinajstić information content (AvgIpc) is 3.06. The van der Waals surface area contributed by atoms with Crippen molar-refractivity contribution < 1.29 is 4.79 Å². The van der Waals surface area contributed by atoms with Crippen molar-refractivity contribution in [3.8, 4) is 0 Å². The summed E-state index contributed by atoms with van der Waals surface area (Å²) in [6.45, 7) is 5.97. The fourth-order valence-corrected chi connectivity index (χ4v) is 5.38. The Hall–Kier alpha value is -2.20. The third-order valence-electron chi connectivity index (χ3n) is 6.78. The van der Waals surface area contributed by atoms with Crippen molar-refractivity contribution in [1.82, 2.24) is 9.80 Å². The maximum absolute atomic E-state index is 14.3. The van der Waals surface area contributed by atoms with Gasteiger partial charge in [0, 0.05) is 13.1 Å². The van der Waals surface area contributed by atoms with Gasteiger partial charge in [-0.05, 0) is 36.2 Å². The molecule has 4 heteroatoms. The Morgan fingerprint density at radius 2 is 1.12 bits per heavy atom. The Labute approximate surface area is 206 Å². The molecule has 1 aliphatic heterocycles. The van der Waals surface area contributed by atoms with Crippen LogP contribution in [0.2, 0.25) is 0 Å². The Kier molecular flexibility index (Phi) is 9.93. The lowest BCUT2D eigenvalue weighted by atomic mass is 9.81. The summed E-state index contributed by atoms with van der Waals surface area (Å²) in [5.41, 5.74) is 1.13. The molecule has 0 aromatic heterocycles. The first-order chi connectivity index (χ1) is 16.2. The Bertz CT molecular complexity index is 828. The number of amides is 1. The van der Waals surface area contributed by atoms with Gasteiger partial charge in [0.05, 0.1) is 0 Å². The molecule has 1 saturated heterocycles. The van der Waals surface area contributed by atoms with Gasteiger partial charge in [0.25, 0.3) is 5.91 Å². The van der Waals surface area contributed by atoms with Crippen LogP contribution in [0.15, 0.2) is 60.7 Å². The zero-order chi connectivity index (χ0) is 23.5. The normalized spacial score (nSPS) is 15.5. The van der Waals surface area contributed by atoms with Gasteiger partial charge in [0.2, 0.25) is 0 Å². The molecule has 0 saturated carbocycles. The van der Waals surface area contributed by atoms with E-state index in [4.69, 9.17) is 12.2 Å². The molecule has 1 heterocycles. The van der Waals surface area contributed by atoms with Gasteiger partial charge in [-0.3, -0.25) is 9.69 Å². The third kappa shape index (κ3) is 5.66. The van der Waals surface area contributed by atoms with Gasteiger partial charge in [-0.1, -0.05) is 126 Å². The lowest BCUT2D eigenvalue weighted by Crippen LogP contribution is -2.48. The summed E-state index contributed by atoms with van der Waals surface area (Å²) in [6, 6.07) is 20.5. The summed E-state index contributed by atoms with van der Waals surface area (Å²) in [7, 11) is 0. The second-order valence-corrected chi connectivity index (χ2v) is 9.53. The van der Waals surface area contributed by atoms with Crippen LogP contribution >= 0.6 is 12.2 Å². The molecular formula is C29H40N2OS. The number of hydrogen-bond donors (Lipinski definition) is 0. The minimum Gasteiger partial charge on any atom is -0.327 e. The Morgan fingerprint density at radius 1 is 0.667 bits per heavy atom. The second-order valence-electron chi connectivity index (χ2n) is 9.16. The first kappa shape index (κ1) is 25.4. The van der Waals surface area contributed by atoms with Crippen LogP contribution < -0.4 is 0 Å². The number of rotatable bonds is 14. The molecule has 2 aromatic rings. The summed E-state index contributed by atoms with van der Waals surface area (Å²) in [4.78, 5) is 18.4. The standard InChI is InChI=1S/C29H40N2OS/c1-3-5-7-9-17-23-30-27(32)29(25-19-13-11-14-20-25,26-21-15-12-16-22-26)31(28(30)33)24-18-10-8-6-4-2/h11-16,19-22H,3-10,17-18,23-24H2,1-2H3. The van der Waals surface area contributed by atoms with Crippen LogP contribution in [-0.4, -0.2) is 33.9 Å². The molecule has 2 aromatic carbocycles. The lowest BCUT2D eigenvalue weighted by molar-refractivity contribution is -0.131. The molecule has 33 heavy (non-hydrogen) atoms. The second kappa shape index (κ2) is 12.9. The lowest BCUT2D eigenvalue weighted by Gasteiger charge is -2.37. The summed E-state index contributed by atoms with van der Waals surface area (Å²) in [5.74, 6) is 0.106. The van der Waals surface area contributed by atoms with Crippen LogP contribution in [-0.2, 0) is 10.3 Å². The number of carbonyl (C=O) groups is 1. The minimum absolute atomic E-state index is 0.106. The van der Waals surface area contributed by atoms with E-state index in [-0.39, 0.29) is 5.91 Å². The van der Waals surface area contributed by atoms with Crippen molar-refractivity contribution in [3.63, 3.8) is 0 Å². The average molecular weight is 465 g/mol. The van der Waals surface area contributed by atoms with Crippen molar-refractivity contribution in [1.29, 1.82) is 0 Å². The molecule has 0 unspecified atom stereocenters. The van der Waals surface area contributed by atoms with E-state index < -0.39 is 5.54 Å². The maximum atomic E-state index is 14.3. The first-order valence-corrected chi connectivity index (χ1v) is 13.3. The number of thiocarbonyl (C=S) groups is 1. The predicted molar refractivity (Wildman–Crippen MR) is 142 cm³/mol. The molecule has 1 amide bonds. The topological polar surface area (TPSA) is 23.6 Å². The van der Waals surface area contributed by atoms with E-state index in [9.17, 15) is 4.79 Å². The maximum Gasteiger partial charge on any atom is 0.264 e. The highest BCUT2D eigenvalue weighted by atomic mass is 32.1. The predicted octanol–water partition coefficient (Wildman–Crippen LogP) is 7.30. The number of nitrogens with zero attached hydrogens (tertiary/aromatic N) is 2. The van der Waals surface area contributed by atoms with Crippen LogP contribution in [0.5, 0.6) is 0 Å². The molecule has 0 atom stereocenters. The monoisotopic (exact) mass is 464 g/mol. The molecule has 0 radical (unpaired) electrons. The number of benzene rings is 2. The highest BCUT2D eigenvalue weighted by Gasteiger charge is 2.56. The van der Waals surface area contributed by atoms with Gasteiger partial charge >= 0.3 is 0 Å². The minimum atomic E-state index is -0.881. The number of hydrogen-bond acceptors (Lipinski definition) is 2. The van der Waals surface area contributed by atoms with E-state index >= 15 is 0 Å². The van der Waals surface area contributed by atoms with E-state index in [2.05, 4.69) is 43.0 Å². The van der Waals surface area contributed by atoms with E-state index in [0.29, 0.717) is 11.7 Å². The van der Waals surface area contributed by atoms with Crippen LogP contribution in [0.1, 0.15) is 89.2 Å². The molecule has 1 fully saturated rings.